The Morgan fingerprint density at radius 2 is 2.00 bits per heavy atom. The van der Waals surface area contributed by atoms with Gasteiger partial charge >= 0.3 is 5.72 Å². The minimum atomic E-state index is -1.46. The molecule has 2 rings (SSSR count). The summed E-state index contributed by atoms with van der Waals surface area (Å²) in [4.78, 5) is 10.7. The number of nitro groups is 1. The molecule has 0 saturated heterocycles. The van der Waals surface area contributed by atoms with E-state index in [4.69, 9.17) is 4.74 Å². The van der Waals surface area contributed by atoms with Crippen molar-refractivity contribution in [1.82, 2.24) is 0 Å². The van der Waals surface area contributed by atoms with Crippen LogP contribution in [0.4, 0.5) is 0 Å². The van der Waals surface area contributed by atoms with Crippen molar-refractivity contribution in [3.63, 3.8) is 0 Å². The summed E-state index contributed by atoms with van der Waals surface area (Å²) in [5.41, 5.74) is -1.46. The lowest BCUT2D eigenvalue weighted by atomic mass is 10.1. The van der Waals surface area contributed by atoms with E-state index in [-0.39, 0.29) is 6.42 Å². The van der Waals surface area contributed by atoms with Gasteiger partial charge in [0.25, 0.3) is 0 Å². The van der Waals surface area contributed by atoms with Gasteiger partial charge in [0, 0.05) is 6.08 Å². The first-order chi connectivity index (χ1) is 7.73. The van der Waals surface area contributed by atoms with Gasteiger partial charge in [0.15, 0.2) is 0 Å². The molecule has 0 N–H and O–H groups in total. The molecular formula is C12H11NO3. The van der Waals surface area contributed by atoms with Gasteiger partial charge in [-0.3, -0.25) is 10.1 Å². The second kappa shape index (κ2) is 4.18. The molecule has 1 aromatic rings. The Morgan fingerprint density at radius 1 is 1.25 bits per heavy atom. The van der Waals surface area contributed by atoms with Gasteiger partial charge in [0.2, 0.25) is 0 Å². The quantitative estimate of drug-likeness (QED) is 0.444. The predicted octanol–water partition coefficient (Wildman–Crippen LogP) is 2.55. The lowest BCUT2D eigenvalue weighted by Gasteiger charge is -2.23. The minimum absolute atomic E-state index is 0.241. The summed E-state index contributed by atoms with van der Waals surface area (Å²) in [6, 6.07) is 8.81. The highest BCUT2D eigenvalue weighted by Gasteiger charge is 2.42. The lowest BCUT2D eigenvalue weighted by molar-refractivity contribution is -0.598. The van der Waals surface area contributed by atoms with Crippen LogP contribution in [-0.2, 0) is 0 Å². The van der Waals surface area contributed by atoms with Crippen LogP contribution in [0.2, 0.25) is 0 Å². The Bertz CT molecular complexity index is 439. The molecule has 1 aliphatic rings. The second-order valence-electron chi connectivity index (χ2n) is 3.51. The topological polar surface area (TPSA) is 52.4 Å². The first kappa shape index (κ1) is 10.4. The molecule has 0 aliphatic heterocycles. The number of hydrogen-bond acceptors (Lipinski definition) is 3. The van der Waals surface area contributed by atoms with E-state index in [2.05, 4.69) is 0 Å². The van der Waals surface area contributed by atoms with Crippen molar-refractivity contribution in [2.75, 3.05) is 0 Å². The zero-order chi connectivity index (χ0) is 11.4. The summed E-state index contributed by atoms with van der Waals surface area (Å²) < 4.78 is 5.47. The van der Waals surface area contributed by atoms with Crippen molar-refractivity contribution in [2.24, 2.45) is 0 Å². The number of hydrogen-bond donors (Lipinski definition) is 0. The third-order valence-electron chi connectivity index (χ3n) is 2.36. The number of allylic oxidation sites excluding steroid dienone is 2. The Hall–Kier alpha value is -2.10. The van der Waals surface area contributed by atoms with E-state index in [1.54, 1.807) is 42.5 Å². The van der Waals surface area contributed by atoms with E-state index in [1.165, 1.54) is 6.08 Å². The fourth-order valence-electron chi connectivity index (χ4n) is 1.53. The molecule has 4 heteroatoms. The third-order valence-corrected chi connectivity index (χ3v) is 2.36. The first-order valence-corrected chi connectivity index (χ1v) is 4.96. The van der Waals surface area contributed by atoms with Crippen LogP contribution in [0, 0.1) is 10.1 Å². The molecule has 1 atom stereocenters. The molecule has 16 heavy (non-hydrogen) atoms. The third kappa shape index (κ3) is 1.95. The van der Waals surface area contributed by atoms with E-state index in [1.807, 2.05) is 6.07 Å². The monoisotopic (exact) mass is 217 g/mol. The summed E-state index contributed by atoms with van der Waals surface area (Å²) in [5, 5.41) is 11.1. The van der Waals surface area contributed by atoms with Gasteiger partial charge in [0.05, 0.1) is 11.3 Å². The van der Waals surface area contributed by atoms with Crippen molar-refractivity contribution in [3.05, 3.63) is 64.8 Å². The maximum absolute atomic E-state index is 11.1. The summed E-state index contributed by atoms with van der Waals surface area (Å²) >= 11 is 0. The average Bonchev–Trinajstić information content (AvgIpc) is 2.31. The molecule has 82 valence electrons. The Kier molecular flexibility index (Phi) is 2.72. The first-order valence-electron chi connectivity index (χ1n) is 4.96. The summed E-state index contributed by atoms with van der Waals surface area (Å²) in [7, 11) is 0. The smallest absolute Gasteiger partial charge is 0.386 e. The molecular weight excluding hydrogens is 206 g/mol. The van der Waals surface area contributed by atoms with E-state index in [9.17, 15) is 10.1 Å². The molecule has 0 spiro atoms. The van der Waals surface area contributed by atoms with Crippen molar-refractivity contribution >= 4 is 0 Å². The van der Waals surface area contributed by atoms with Crippen LogP contribution in [0.15, 0.2) is 54.6 Å². The zero-order valence-corrected chi connectivity index (χ0v) is 8.58. The van der Waals surface area contributed by atoms with Crippen LogP contribution in [-0.4, -0.2) is 10.6 Å². The Labute approximate surface area is 93.0 Å². The van der Waals surface area contributed by atoms with Crippen LogP contribution in [0.25, 0.3) is 0 Å². The molecule has 1 aromatic carbocycles. The van der Waals surface area contributed by atoms with Crippen molar-refractivity contribution in [2.45, 2.75) is 12.1 Å². The van der Waals surface area contributed by atoms with Gasteiger partial charge in [-0.1, -0.05) is 36.4 Å². The molecule has 0 fully saturated rings. The van der Waals surface area contributed by atoms with Gasteiger partial charge in [0.1, 0.15) is 5.75 Å². The van der Waals surface area contributed by atoms with Crippen LogP contribution in [0.5, 0.6) is 5.75 Å². The molecule has 0 bridgehead atoms. The summed E-state index contributed by atoms with van der Waals surface area (Å²) in [6.45, 7) is 0. The number of para-hydroxylation sites is 1. The molecule has 0 radical (unpaired) electrons. The molecule has 1 unspecified atom stereocenters. The van der Waals surface area contributed by atoms with Gasteiger partial charge in [-0.25, -0.2) is 0 Å². The molecule has 1 aliphatic carbocycles. The Balaban J connectivity index is 2.25. The fourth-order valence-corrected chi connectivity index (χ4v) is 1.53. The Morgan fingerprint density at radius 3 is 2.56 bits per heavy atom. The van der Waals surface area contributed by atoms with Gasteiger partial charge < -0.3 is 4.74 Å². The van der Waals surface area contributed by atoms with Crippen LogP contribution in [0.3, 0.4) is 0 Å². The van der Waals surface area contributed by atoms with Crippen LogP contribution < -0.4 is 4.74 Å². The second-order valence-corrected chi connectivity index (χ2v) is 3.51. The van der Waals surface area contributed by atoms with E-state index < -0.39 is 10.6 Å². The lowest BCUT2D eigenvalue weighted by Crippen LogP contribution is -2.42. The fraction of sp³-hybridized carbons (Fsp3) is 0.167. The van der Waals surface area contributed by atoms with Crippen molar-refractivity contribution < 1.29 is 9.66 Å². The van der Waals surface area contributed by atoms with Crippen LogP contribution >= 0.6 is 0 Å². The largest absolute Gasteiger partial charge is 0.424 e. The maximum atomic E-state index is 11.1. The average molecular weight is 217 g/mol. The maximum Gasteiger partial charge on any atom is 0.386 e. The zero-order valence-electron chi connectivity index (χ0n) is 8.58. The molecule has 0 aromatic heterocycles. The number of rotatable bonds is 3. The van der Waals surface area contributed by atoms with Gasteiger partial charge in [-0.15, -0.1) is 0 Å². The molecule has 0 saturated carbocycles. The highest BCUT2D eigenvalue weighted by molar-refractivity contribution is 5.24. The summed E-state index contributed by atoms with van der Waals surface area (Å²) in [6.07, 6.45) is 6.85. The molecule has 0 amide bonds. The van der Waals surface area contributed by atoms with Crippen molar-refractivity contribution in [1.29, 1.82) is 0 Å². The normalized spacial score (nSPS) is 23.0. The van der Waals surface area contributed by atoms with Crippen LogP contribution in [0.1, 0.15) is 6.42 Å². The SMILES string of the molecule is O=[N+]([O-])C1(Oc2ccccc2)C=CC=CC1. The number of nitrogens with zero attached hydrogens (tertiary/aromatic N) is 1. The summed E-state index contributed by atoms with van der Waals surface area (Å²) in [5.74, 6) is 0.499. The van der Waals surface area contributed by atoms with E-state index in [0.29, 0.717) is 5.75 Å². The van der Waals surface area contributed by atoms with Gasteiger partial charge in [-0.2, -0.15) is 0 Å². The number of ether oxygens (including phenoxy) is 1. The van der Waals surface area contributed by atoms with E-state index in [0.717, 1.165) is 0 Å². The predicted molar refractivity (Wildman–Crippen MR) is 59.7 cm³/mol. The van der Waals surface area contributed by atoms with Crippen molar-refractivity contribution in [3.8, 4) is 5.75 Å². The molecule has 4 nitrogen and oxygen atoms in total. The van der Waals surface area contributed by atoms with Gasteiger partial charge in [-0.05, 0) is 12.1 Å². The minimum Gasteiger partial charge on any atom is -0.424 e. The highest BCUT2D eigenvalue weighted by Crippen LogP contribution is 2.26. The number of benzene rings is 1. The van der Waals surface area contributed by atoms with E-state index >= 15 is 0 Å². The highest BCUT2D eigenvalue weighted by atomic mass is 16.7. The molecule has 0 heterocycles. The standard InChI is InChI=1S/C12H11NO3/c14-13(15)12(9-5-2-6-10-12)16-11-7-3-1-4-8-11/h1-9H,10H2.